The van der Waals surface area contributed by atoms with Gasteiger partial charge in [0, 0.05) is 33.3 Å². The molecule has 0 aliphatic carbocycles. The summed E-state index contributed by atoms with van der Waals surface area (Å²) < 4.78 is 4.85. The van der Waals surface area contributed by atoms with Crippen molar-refractivity contribution >= 4 is 5.91 Å². The van der Waals surface area contributed by atoms with E-state index in [-0.39, 0.29) is 12.5 Å². The minimum Gasteiger partial charge on any atom is -0.381 e. The highest BCUT2D eigenvalue weighted by Crippen LogP contribution is 2.11. The van der Waals surface area contributed by atoms with Crippen LogP contribution in [0.15, 0.2) is 0 Å². The van der Waals surface area contributed by atoms with Crippen molar-refractivity contribution in [3.05, 3.63) is 0 Å². The predicted molar refractivity (Wildman–Crippen MR) is 61.2 cm³/mol. The molecule has 5 heteroatoms. The first kappa shape index (κ1) is 13.4. The molecule has 1 N–H and O–H groups in total. The second kappa shape index (κ2) is 5.61. The Kier molecular flexibility index (Phi) is 4.70. The van der Waals surface area contributed by atoms with Crippen LogP contribution in [0.3, 0.4) is 0 Å². The first-order chi connectivity index (χ1) is 7.51. The van der Waals surface area contributed by atoms with Crippen LogP contribution in [0.5, 0.6) is 0 Å². The van der Waals surface area contributed by atoms with E-state index in [0.29, 0.717) is 13.1 Å². The second-order valence-electron chi connectivity index (χ2n) is 4.43. The smallest absolute Gasteiger partial charge is 0.256 e. The predicted octanol–water partition coefficient (Wildman–Crippen LogP) is -0.452. The fraction of sp³-hybridized carbons (Fsp3) is 0.909. The summed E-state index contributed by atoms with van der Waals surface area (Å²) in [7, 11) is 1.48. The highest BCUT2D eigenvalue weighted by molar-refractivity contribution is 5.84. The number of likely N-dealkylation sites (N-methyl/N-ethyl adjacent to an activating group) is 1. The van der Waals surface area contributed by atoms with Gasteiger partial charge in [-0.05, 0) is 13.5 Å². The number of methoxy groups -OCH3 is 1. The van der Waals surface area contributed by atoms with Crippen LogP contribution in [0.1, 0.15) is 13.8 Å². The van der Waals surface area contributed by atoms with Gasteiger partial charge in [0.1, 0.15) is 0 Å². The lowest BCUT2D eigenvalue weighted by Gasteiger charge is -2.37. The van der Waals surface area contributed by atoms with Crippen molar-refractivity contribution in [1.29, 1.82) is 0 Å². The van der Waals surface area contributed by atoms with Crippen LogP contribution in [-0.2, 0) is 9.53 Å². The SMILES string of the molecule is CCN1CCN(C(=O)[C@@](C)(O)COC)CC1. The molecule has 1 rings (SSSR count). The lowest BCUT2D eigenvalue weighted by molar-refractivity contribution is -0.156. The van der Waals surface area contributed by atoms with Crippen molar-refractivity contribution < 1.29 is 14.6 Å². The van der Waals surface area contributed by atoms with Gasteiger partial charge in [-0.3, -0.25) is 4.79 Å². The summed E-state index contributed by atoms with van der Waals surface area (Å²) in [6.45, 7) is 7.80. The van der Waals surface area contributed by atoms with Crippen LogP contribution in [0, 0.1) is 0 Å². The molecule has 1 aliphatic heterocycles. The summed E-state index contributed by atoms with van der Waals surface area (Å²) in [5.41, 5.74) is -1.40. The van der Waals surface area contributed by atoms with Crippen molar-refractivity contribution in [2.45, 2.75) is 19.4 Å². The average Bonchev–Trinajstić information content (AvgIpc) is 2.28. The van der Waals surface area contributed by atoms with Crippen molar-refractivity contribution in [3.8, 4) is 0 Å². The van der Waals surface area contributed by atoms with Gasteiger partial charge in [0.15, 0.2) is 5.60 Å². The van der Waals surface area contributed by atoms with Gasteiger partial charge in [0.2, 0.25) is 0 Å². The molecule has 1 saturated heterocycles. The maximum absolute atomic E-state index is 12.0. The topological polar surface area (TPSA) is 53.0 Å². The van der Waals surface area contributed by atoms with E-state index in [2.05, 4.69) is 11.8 Å². The number of ether oxygens (including phenoxy) is 1. The highest BCUT2D eigenvalue weighted by Gasteiger charge is 2.35. The Hall–Kier alpha value is -0.650. The number of carbonyl (C=O) groups is 1. The molecular formula is C11H22N2O3. The molecule has 1 amide bonds. The van der Waals surface area contributed by atoms with Crippen LogP contribution in [0.4, 0.5) is 0 Å². The molecule has 0 aromatic rings. The maximum atomic E-state index is 12.0. The Morgan fingerprint density at radius 1 is 1.38 bits per heavy atom. The van der Waals surface area contributed by atoms with Crippen molar-refractivity contribution in [2.24, 2.45) is 0 Å². The van der Waals surface area contributed by atoms with E-state index in [0.717, 1.165) is 19.6 Å². The van der Waals surface area contributed by atoms with Crippen molar-refractivity contribution in [1.82, 2.24) is 9.80 Å². The average molecular weight is 230 g/mol. The fourth-order valence-corrected chi connectivity index (χ4v) is 1.95. The van der Waals surface area contributed by atoms with E-state index in [1.165, 1.54) is 14.0 Å². The van der Waals surface area contributed by atoms with Gasteiger partial charge >= 0.3 is 0 Å². The molecule has 0 bridgehead atoms. The second-order valence-corrected chi connectivity index (χ2v) is 4.43. The van der Waals surface area contributed by atoms with Crippen LogP contribution in [0.2, 0.25) is 0 Å². The number of piperazine rings is 1. The molecule has 0 radical (unpaired) electrons. The normalized spacial score (nSPS) is 21.9. The van der Waals surface area contributed by atoms with Gasteiger partial charge < -0.3 is 19.6 Å². The Labute approximate surface area is 97.0 Å². The largest absolute Gasteiger partial charge is 0.381 e. The number of amides is 1. The lowest BCUT2D eigenvalue weighted by Crippen LogP contribution is -2.56. The van der Waals surface area contributed by atoms with E-state index in [9.17, 15) is 9.90 Å². The van der Waals surface area contributed by atoms with Crippen LogP contribution < -0.4 is 0 Å². The molecule has 1 aliphatic rings. The third-order valence-electron chi connectivity index (χ3n) is 2.99. The molecule has 0 spiro atoms. The number of nitrogens with zero attached hydrogens (tertiary/aromatic N) is 2. The Bertz CT molecular complexity index is 235. The third-order valence-corrected chi connectivity index (χ3v) is 2.99. The Morgan fingerprint density at radius 3 is 2.38 bits per heavy atom. The molecule has 1 fully saturated rings. The first-order valence-corrected chi connectivity index (χ1v) is 5.74. The van der Waals surface area contributed by atoms with Gasteiger partial charge in [0.05, 0.1) is 6.61 Å². The van der Waals surface area contributed by atoms with E-state index in [1.807, 2.05) is 0 Å². The Morgan fingerprint density at radius 2 is 1.94 bits per heavy atom. The summed E-state index contributed by atoms with van der Waals surface area (Å²) in [5.74, 6) is -0.231. The van der Waals surface area contributed by atoms with Gasteiger partial charge in [-0.15, -0.1) is 0 Å². The standard InChI is InChI=1S/C11H22N2O3/c1-4-12-5-7-13(8-6-12)10(14)11(2,15)9-16-3/h15H,4-9H2,1-3H3/t11-/m0/s1. The van der Waals surface area contributed by atoms with E-state index in [1.54, 1.807) is 4.90 Å². The highest BCUT2D eigenvalue weighted by atomic mass is 16.5. The minimum atomic E-state index is -1.40. The number of aliphatic hydroxyl groups is 1. The zero-order valence-electron chi connectivity index (χ0n) is 10.4. The summed E-state index contributed by atoms with van der Waals surface area (Å²) >= 11 is 0. The molecule has 0 aromatic heterocycles. The molecule has 5 nitrogen and oxygen atoms in total. The van der Waals surface area contributed by atoms with Crippen LogP contribution in [0.25, 0.3) is 0 Å². The van der Waals surface area contributed by atoms with Crippen molar-refractivity contribution in [2.75, 3.05) is 46.4 Å². The number of carbonyl (C=O) groups excluding carboxylic acids is 1. The van der Waals surface area contributed by atoms with Crippen LogP contribution >= 0.6 is 0 Å². The van der Waals surface area contributed by atoms with Gasteiger partial charge in [-0.2, -0.15) is 0 Å². The summed E-state index contributed by atoms with van der Waals surface area (Å²) in [5, 5.41) is 9.93. The van der Waals surface area contributed by atoms with E-state index >= 15 is 0 Å². The minimum absolute atomic E-state index is 0.0415. The number of hydrogen-bond donors (Lipinski definition) is 1. The summed E-state index contributed by atoms with van der Waals surface area (Å²) in [6.07, 6.45) is 0. The third kappa shape index (κ3) is 3.17. The van der Waals surface area contributed by atoms with E-state index in [4.69, 9.17) is 4.74 Å². The zero-order chi connectivity index (χ0) is 12.2. The maximum Gasteiger partial charge on any atom is 0.256 e. The molecule has 0 aromatic carbocycles. The molecule has 0 unspecified atom stereocenters. The number of rotatable bonds is 4. The molecule has 16 heavy (non-hydrogen) atoms. The molecule has 1 atom stereocenters. The zero-order valence-corrected chi connectivity index (χ0v) is 10.4. The molecular weight excluding hydrogens is 208 g/mol. The van der Waals surface area contributed by atoms with Crippen molar-refractivity contribution in [3.63, 3.8) is 0 Å². The Balaban J connectivity index is 2.50. The summed E-state index contributed by atoms with van der Waals surface area (Å²) in [4.78, 5) is 16.0. The lowest BCUT2D eigenvalue weighted by atomic mass is 10.1. The van der Waals surface area contributed by atoms with Gasteiger partial charge in [-0.1, -0.05) is 6.92 Å². The molecule has 1 heterocycles. The molecule has 0 saturated carbocycles. The van der Waals surface area contributed by atoms with Gasteiger partial charge in [-0.25, -0.2) is 0 Å². The van der Waals surface area contributed by atoms with Crippen LogP contribution in [-0.4, -0.2) is 72.9 Å². The quantitative estimate of drug-likeness (QED) is 0.710. The monoisotopic (exact) mass is 230 g/mol. The first-order valence-electron chi connectivity index (χ1n) is 5.74. The molecule has 94 valence electrons. The van der Waals surface area contributed by atoms with Gasteiger partial charge in [0.25, 0.3) is 5.91 Å². The number of hydrogen-bond acceptors (Lipinski definition) is 4. The van der Waals surface area contributed by atoms with E-state index < -0.39 is 5.60 Å². The fourth-order valence-electron chi connectivity index (χ4n) is 1.95. The summed E-state index contributed by atoms with van der Waals surface area (Å²) in [6, 6.07) is 0.